The van der Waals surface area contributed by atoms with Crippen molar-refractivity contribution in [1.29, 1.82) is 0 Å². The number of carbonyl (C=O) groups is 2. The predicted molar refractivity (Wildman–Crippen MR) is 127 cm³/mol. The van der Waals surface area contributed by atoms with Crippen LogP contribution in [0.2, 0.25) is 0 Å². The molecule has 0 bridgehead atoms. The third-order valence-electron chi connectivity index (χ3n) is 5.95. The molecule has 3 aromatic carbocycles. The van der Waals surface area contributed by atoms with Gasteiger partial charge in [0.05, 0.1) is 12.8 Å². The van der Waals surface area contributed by atoms with Crippen molar-refractivity contribution in [3.8, 4) is 16.9 Å². The SMILES string of the molecule is COc1ccc(C)cc1N(CCCC(=O)O)C(=O)OCC1c2ccccc2-c2ccccc21. The number of amides is 1. The van der Waals surface area contributed by atoms with Crippen LogP contribution in [0.15, 0.2) is 66.7 Å². The minimum Gasteiger partial charge on any atom is -0.495 e. The second kappa shape index (κ2) is 9.77. The average molecular weight is 446 g/mol. The molecule has 0 unspecified atom stereocenters. The lowest BCUT2D eigenvalue weighted by molar-refractivity contribution is -0.137. The molecule has 0 radical (unpaired) electrons. The first-order valence-corrected chi connectivity index (χ1v) is 11.0. The molecule has 3 aromatic rings. The molecule has 0 heterocycles. The van der Waals surface area contributed by atoms with Crippen molar-refractivity contribution in [3.63, 3.8) is 0 Å². The molecule has 0 aromatic heterocycles. The third-order valence-corrected chi connectivity index (χ3v) is 5.95. The van der Waals surface area contributed by atoms with E-state index in [0.717, 1.165) is 27.8 Å². The van der Waals surface area contributed by atoms with Crippen molar-refractivity contribution in [3.05, 3.63) is 83.4 Å². The summed E-state index contributed by atoms with van der Waals surface area (Å²) in [5.41, 5.74) is 6.12. The van der Waals surface area contributed by atoms with E-state index >= 15 is 0 Å². The number of hydrogen-bond donors (Lipinski definition) is 1. The summed E-state index contributed by atoms with van der Waals surface area (Å²) in [4.78, 5) is 25.8. The van der Waals surface area contributed by atoms with Crippen LogP contribution in [0.1, 0.15) is 35.4 Å². The molecule has 33 heavy (non-hydrogen) atoms. The van der Waals surface area contributed by atoms with Crippen LogP contribution in [0.3, 0.4) is 0 Å². The van der Waals surface area contributed by atoms with Gasteiger partial charge in [0.2, 0.25) is 0 Å². The van der Waals surface area contributed by atoms with Gasteiger partial charge in [-0.3, -0.25) is 9.69 Å². The number of carboxylic acid groups (broad SMARTS) is 1. The maximum absolute atomic E-state index is 13.3. The Morgan fingerprint density at radius 3 is 2.21 bits per heavy atom. The highest BCUT2D eigenvalue weighted by Crippen LogP contribution is 2.44. The summed E-state index contributed by atoms with van der Waals surface area (Å²) in [6, 6.07) is 21.9. The monoisotopic (exact) mass is 445 g/mol. The smallest absolute Gasteiger partial charge is 0.414 e. The van der Waals surface area contributed by atoms with Gasteiger partial charge >= 0.3 is 12.1 Å². The third kappa shape index (κ3) is 4.70. The van der Waals surface area contributed by atoms with Crippen molar-refractivity contribution in [1.82, 2.24) is 0 Å². The predicted octanol–water partition coefficient (Wildman–Crippen LogP) is 5.62. The number of carbonyl (C=O) groups excluding carboxylic acids is 1. The van der Waals surface area contributed by atoms with Crippen LogP contribution in [-0.4, -0.2) is 37.4 Å². The zero-order chi connectivity index (χ0) is 23.4. The van der Waals surface area contributed by atoms with E-state index < -0.39 is 12.1 Å². The van der Waals surface area contributed by atoms with Gasteiger partial charge in [0, 0.05) is 18.9 Å². The Bertz CT molecular complexity index is 1130. The van der Waals surface area contributed by atoms with Gasteiger partial charge in [0.15, 0.2) is 0 Å². The van der Waals surface area contributed by atoms with Crippen LogP contribution in [0, 0.1) is 6.92 Å². The lowest BCUT2D eigenvalue weighted by atomic mass is 9.98. The first-order valence-electron chi connectivity index (χ1n) is 11.0. The van der Waals surface area contributed by atoms with Gasteiger partial charge in [-0.25, -0.2) is 4.79 Å². The number of ether oxygens (including phenoxy) is 2. The van der Waals surface area contributed by atoms with Crippen LogP contribution in [0.4, 0.5) is 10.5 Å². The Morgan fingerprint density at radius 2 is 1.61 bits per heavy atom. The van der Waals surface area contributed by atoms with Gasteiger partial charge in [-0.2, -0.15) is 0 Å². The van der Waals surface area contributed by atoms with E-state index in [1.165, 1.54) is 4.90 Å². The summed E-state index contributed by atoms with van der Waals surface area (Å²) in [7, 11) is 1.54. The topological polar surface area (TPSA) is 76.1 Å². The molecular formula is C27H27NO5. The molecule has 1 amide bonds. The first kappa shape index (κ1) is 22.4. The summed E-state index contributed by atoms with van der Waals surface area (Å²) in [6.45, 7) is 2.33. The standard InChI is InChI=1S/C27H27NO5/c1-18-13-14-25(32-2)24(16-18)28(15-7-12-26(29)30)27(31)33-17-23-21-10-5-3-8-19(21)20-9-4-6-11-22(20)23/h3-6,8-11,13-14,16,23H,7,12,15,17H2,1-2H3,(H,29,30). The number of fused-ring (bicyclic) bond motifs is 3. The first-order chi connectivity index (χ1) is 16.0. The van der Waals surface area contributed by atoms with E-state index in [1.54, 1.807) is 13.2 Å². The number of benzene rings is 3. The maximum Gasteiger partial charge on any atom is 0.414 e. The number of carboxylic acids is 1. The number of anilines is 1. The zero-order valence-corrected chi connectivity index (χ0v) is 18.8. The quantitative estimate of drug-likeness (QED) is 0.487. The van der Waals surface area contributed by atoms with Crippen LogP contribution < -0.4 is 9.64 Å². The van der Waals surface area contributed by atoms with Gasteiger partial charge in [0.25, 0.3) is 0 Å². The summed E-state index contributed by atoms with van der Waals surface area (Å²) in [6.07, 6.45) is -0.260. The molecule has 1 N–H and O–H groups in total. The number of hydrogen-bond acceptors (Lipinski definition) is 4. The minimum atomic E-state index is -0.904. The van der Waals surface area contributed by atoms with Crippen LogP contribution >= 0.6 is 0 Å². The maximum atomic E-state index is 13.3. The van der Waals surface area contributed by atoms with Gasteiger partial charge in [0.1, 0.15) is 12.4 Å². The second-order valence-corrected chi connectivity index (χ2v) is 8.13. The fourth-order valence-corrected chi connectivity index (χ4v) is 4.38. The van der Waals surface area contributed by atoms with E-state index in [2.05, 4.69) is 24.3 Å². The Balaban J connectivity index is 1.58. The zero-order valence-electron chi connectivity index (χ0n) is 18.8. The van der Waals surface area contributed by atoms with E-state index in [0.29, 0.717) is 17.9 Å². The number of methoxy groups -OCH3 is 1. The van der Waals surface area contributed by atoms with Gasteiger partial charge in [-0.1, -0.05) is 54.6 Å². The average Bonchev–Trinajstić information content (AvgIpc) is 3.14. The van der Waals surface area contributed by atoms with E-state index in [1.807, 2.05) is 43.3 Å². The Kier molecular flexibility index (Phi) is 6.63. The fourth-order valence-electron chi connectivity index (χ4n) is 4.38. The van der Waals surface area contributed by atoms with Crippen molar-refractivity contribution < 1.29 is 24.2 Å². The fraction of sp³-hybridized carbons (Fsp3) is 0.259. The number of aryl methyl sites for hydroxylation is 1. The van der Waals surface area contributed by atoms with Gasteiger partial charge in [-0.05, 0) is 53.3 Å². The highest BCUT2D eigenvalue weighted by Gasteiger charge is 2.30. The van der Waals surface area contributed by atoms with Crippen LogP contribution in [-0.2, 0) is 9.53 Å². The highest BCUT2D eigenvalue weighted by molar-refractivity contribution is 5.90. The molecule has 0 fully saturated rings. The Hall–Kier alpha value is -3.80. The summed E-state index contributed by atoms with van der Waals surface area (Å²) in [5.74, 6) is -0.426. The molecule has 0 saturated heterocycles. The van der Waals surface area contributed by atoms with Crippen molar-refractivity contribution >= 4 is 17.7 Å². The van der Waals surface area contributed by atoms with E-state index in [9.17, 15) is 9.59 Å². The van der Waals surface area contributed by atoms with E-state index in [4.69, 9.17) is 14.6 Å². The molecular weight excluding hydrogens is 418 g/mol. The minimum absolute atomic E-state index is 0.0404. The highest BCUT2D eigenvalue weighted by atomic mass is 16.6. The number of nitrogens with zero attached hydrogens (tertiary/aromatic N) is 1. The summed E-state index contributed by atoms with van der Waals surface area (Å²) >= 11 is 0. The van der Waals surface area contributed by atoms with Gasteiger partial charge in [-0.15, -0.1) is 0 Å². The van der Waals surface area contributed by atoms with Crippen molar-refractivity contribution in [2.75, 3.05) is 25.2 Å². The molecule has 1 aliphatic carbocycles. The molecule has 4 rings (SSSR count). The van der Waals surface area contributed by atoms with Crippen LogP contribution in [0.5, 0.6) is 5.75 Å². The Labute approximate surface area is 193 Å². The van der Waals surface area contributed by atoms with Crippen molar-refractivity contribution in [2.45, 2.75) is 25.7 Å². The molecule has 170 valence electrons. The summed E-state index contributed by atoms with van der Waals surface area (Å²) < 4.78 is 11.3. The largest absolute Gasteiger partial charge is 0.495 e. The lowest BCUT2D eigenvalue weighted by Crippen LogP contribution is -2.34. The second-order valence-electron chi connectivity index (χ2n) is 8.13. The lowest BCUT2D eigenvalue weighted by Gasteiger charge is -2.25. The van der Waals surface area contributed by atoms with Gasteiger partial charge < -0.3 is 14.6 Å². The molecule has 0 saturated carbocycles. The number of aliphatic carboxylic acids is 1. The number of rotatable bonds is 8. The molecule has 1 aliphatic rings. The van der Waals surface area contributed by atoms with E-state index in [-0.39, 0.29) is 25.5 Å². The molecule has 0 atom stereocenters. The van der Waals surface area contributed by atoms with Crippen molar-refractivity contribution in [2.24, 2.45) is 0 Å². The van der Waals surface area contributed by atoms with Crippen LogP contribution in [0.25, 0.3) is 11.1 Å². The molecule has 0 spiro atoms. The molecule has 6 heteroatoms. The summed E-state index contributed by atoms with van der Waals surface area (Å²) in [5, 5.41) is 9.05. The Morgan fingerprint density at radius 1 is 0.970 bits per heavy atom. The normalized spacial score (nSPS) is 12.1. The molecule has 0 aliphatic heterocycles. The molecule has 6 nitrogen and oxygen atoms in total.